The number of methoxy groups -OCH3 is 1. The van der Waals surface area contributed by atoms with E-state index in [1.807, 2.05) is 0 Å². The molecule has 0 aliphatic carbocycles. The summed E-state index contributed by atoms with van der Waals surface area (Å²) < 4.78 is 16.7. The third kappa shape index (κ3) is 5.45. The smallest absolute Gasteiger partial charge is 0.119 e. The lowest BCUT2D eigenvalue weighted by atomic mass is 10.2. The number of nitrogens with zero attached hydrogens (tertiary/aromatic N) is 2. The molecule has 24 heavy (non-hydrogen) atoms. The van der Waals surface area contributed by atoms with Crippen LogP contribution in [0.4, 0.5) is 0 Å². The van der Waals surface area contributed by atoms with Gasteiger partial charge in [-0.15, -0.1) is 0 Å². The fraction of sp³-hybridized carbons (Fsp3) is 0.684. The van der Waals surface area contributed by atoms with E-state index in [0.29, 0.717) is 6.10 Å². The number of likely N-dealkylation sites (tertiary alicyclic amines) is 1. The van der Waals surface area contributed by atoms with Crippen molar-refractivity contribution in [3.63, 3.8) is 0 Å². The molecule has 0 bridgehead atoms. The molecule has 1 atom stereocenters. The van der Waals surface area contributed by atoms with Crippen molar-refractivity contribution in [3.05, 3.63) is 29.8 Å². The van der Waals surface area contributed by atoms with Crippen LogP contribution in [0.25, 0.3) is 0 Å². The summed E-state index contributed by atoms with van der Waals surface area (Å²) in [4.78, 5) is 4.89. The van der Waals surface area contributed by atoms with Crippen molar-refractivity contribution in [2.24, 2.45) is 0 Å². The highest BCUT2D eigenvalue weighted by Gasteiger charge is 2.21. The van der Waals surface area contributed by atoms with Gasteiger partial charge in [-0.2, -0.15) is 0 Å². The van der Waals surface area contributed by atoms with Gasteiger partial charge in [0.2, 0.25) is 0 Å². The molecule has 2 saturated heterocycles. The summed E-state index contributed by atoms with van der Waals surface area (Å²) in [5.74, 6) is 0.969. The summed E-state index contributed by atoms with van der Waals surface area (Å²) in [6, 6.07) is 8.54. The van der Waals surface area contributed by atoms with Crippen LogP contribution >= 0.6 is 0 Å². The van der Waals surface area contributed by atoms with E-state index in [2.05, 4.69) is 34.1 Å². The van der Waals surface area contributed by atoms with E-state index in [9.17, 15) is 0 Å². The average Bonchev–Trinajstić information content (AvgIpc) is 3.09. The summed E-state index contributed by atoms with van der Waals surface area (Å²) in [5.41, 5.74) is 1.34. The number of rotatable bonds is 8. The van der Waals surface area contributed by atoms with Gasteiger partial charge in [-0.25, -0.2) is 0 Å². The Balaban J connectivity index is 1.34. The van der Waals surface area contributed by atoms with Gasteiger partial charge in [-0.05, 0) is 30.5 Å². The highest BCUT2D eigenvalue weighted by atomic mass is 16.5. The summed E-state index contributed by atoms with van der Waals surface area (Å²) in [6.45, 7) is 8.86. The third-order valence-electron chi connectivity index (χ3n) is 4.88. The van der Waals surface area contributed by atoms with Gasteiger partial charge in [-0.1, -0.05) is 12.1 Å². The van der Waals surface area contributed by atoms with Crippen molar-refractivity contribution in [2.75, 3.05) is 59.7 Å². The van der Waals surface area contributed by atoms with Crippen LogP contribution in [0.5, 0.6) is 5.75 Å². The summed E-state index contributed by atoms with van der Waals surface area (Å²) in [6.07, 6.45) is 2.61. The van der Waals surface area contributed by atoms with Gasteiger partial charge in [0.25, 0.3) is 0 Å². The zero-order valence-electron chi connectivity index (χ0n) is 14.8. The predicted molar refractivity (Wildman–Crippen MR) is 94.5 cm³/mol. The molecule has 5 heteroatoms. The van der Waals surface area contributed by atoms with Gasteiger partial charge in [0.05, 0.1) is 25.9 Å². The fourth-order valence-corrected chi connectivity index (χ4v) is 3.39. The van der Waals surface area contributed by atoms with Gasteiger partial charge in [0.1, 0.15) is 5.75 Å². The zero-order valence-corrected chi connectivity index (χ0v) is 14.8. The molecule has 0 N–H and O–H groups in total. The molecule has 2 aliphatic rings. The van der Waals surface area contributed by atoms with E-state index in [0.717, 1.165) is 77.7 Å². The number of hydrogen-bond donors (Lipinski definition) is 0. The molecule has 2 heterocycles. The van der Waals surface area contributed by atoms with Crippen LogP contribution in [0.3, 0.4) is 0 Å². The Morgan fingerprint density at radius 1 is 1.08 bits per heavy atom. The second-order valence-electron chi connectivity index (χ2n) is 6.68. The summed E-state index contributed by atoms with van der Waals surface area (Å²) >= 11 is 0. The molecule has 0 amide bonds. The Bertz CT molecular complexity index is 474. The molecule has 1 aromatic carbocycles. The molecule has 1 aromatic rings. The SMILES string of the molecule is CO[C@H]1CCN(Cc2ccc(OCCCN3CCOCC3)cc2)C1. The van der Waals surface area contributed by atoms with E-state index < -0.39 is 0 Å². The van der Waals surface area contributed by atoms with Crippen LogP contribution in [-0.2, 0) is 16.0 Å². The van der Waals surface area contributed by atoms with Crippen molar-refractivity contribution in [1.29, 1.82) is 0 Å². The Hall–Kier alpha value is -1.14. The number of hydrogen-bond acceptors (Lipinski definition) is 5. The first kappa shape index (κ1) is 17.7. The molecular weight excluding hydrogens is 304 g/mol. The van der Waals surface area contributed by atoms with E-state index >= 15 is 0 Å². The molecule has 5 nitrogen and oxygen atoms in total. The number of morpholine rings is 1. The zero-order chi connectivity index (χ0) is 16.6. The Labute approximate surface area is 145 Å². The molecule has 2 fully saturated rings. The largest absolute Gasteiger partial charge is 0.494 e. The summed E-state index contributed by atoms with van der Waals surface area (Å²) in [7, 11) is 1.80. The first-order valence-corrected chi connectivity index (χ1v) is 9.10. The van der Waals surface area contributed by atoms with E-state index in [1.165, 1.54) is 5.56 Å². The van der Waals surface area contributed by atoms with Crippen LogP contribution in [0.2, 0.25) is 0 Å². The number of ether oxygens (including phenoxy) is 3. The van der Waals surface area contributed by atoms with E-state index in [-0.39, 0.29) is 0 Å². The first-order chi connectivity index (χ1) is 11.8. The lowest BCUT2D eigenvalue weighted by Crippen LogP contribution is -2.37. The van der Waals surface area contributed by atoms with Gasteiger partial charge in [0.15, 0.2) is 0 Å². The molecule has 2 aliphatic heterocycles. The van der Waals surface area contributed by atoms with E-state index in [4.69, 9.17) is 14.2 Å². The fourth-order valence-electron chi connectivity index (χ4n) is 3.39. The van der Waals surface area contributed by atoms with Gasteiger partial charge in [0, 0.05) is 46.4 Å². The van der Waals surface area contributed by atoms with E-state index in [1.54, 1.807) is 7.11 Å². The highest BCUT2D eigenvalue weighted by molar-refractivity contribution is 5.27. The maximum Gasteiger partial charge on any atom is 0.119 e. The topological polar surface area (TPSA) is 34.2 Å². The number of benzene rings is 1. The minimum Gasteiger partial charge on any atom is -0.494 e. The van der Waals surface area contributed by atoms with Crippen molar-refractivity contribution in [1.82, 2.24) is 9.80 Å². The minimum absolute atomic E-state index is 0.402. The molecule has 0 unspecified atom stereocenters. The molecular formula is C19H30N2O3. The highest BCUT2D eigenvalue weighted by Crippen LogP contribution is 2.18. The molecule has 0 aromatic heterocycles. The molecule has 3 rings (SSSR count). The lowest BCUT2D eigenvalue weighted by molar-refractivity contribution is 0.0358. The van der Waals surface area contributed by atoms with Crippen LogP contribution in [0.1, 0.15) is 18.4 Å². The van der Waals surface area contributed by atoms with Gasteiger partial charge < -0.3 is 14.2 Å². The second kappa shape index (κ2) is 9.37. The van der Waals surface area contributed by atoms with Crippen molar-refractivity contribution in [2.45, 2.75) is 25.5 Å². The summed E-state index contributed by atoms with van der Waals surface area (Å²) in [5, 5.41) is 0. The molecule has 0 saturated carbocycles. The second-order valence-corrected chi connectivity index (χ2v) is 6.68. The average molecular weight is 334 g/mol. The van der Waals surface area contributed by atoms with Crippen LogP contribution in [0.15, 0.2) is 24.3 Å². The van der Waals surface area contributed by atoms with Crippen molar-refractivity contribution < 1.29 is 14.2 Å². The lowest BCUT2D eigenvalue weighted by Gasteiger charge is -2.26. The maximum atomic E-state index is 5.86. The molecule has 134 valence electrons. The normalized spacial score (nSPS) is 22.8. The maximum absolute atomic E-state index is 5.86. The quantitative estimate of drug-likeness (QED) is 0.680. The monoisotopic (exact) mass is 334 g/mol. The van der Waals surface area contributed by atoms with Crippen LogP contribution in [-0.4, -0.2) is 75.6 Å². The van der Waals surface area contributed by atoms with Crippen molar-refractivity contribution >= 4 is 0 Å². The Morgan fingerprint density at radius 2 is 1.88 bits per heavy atom. The Kier molecular flexibility index (Phi) is 6.90. The van der Waals surface area contributed by atoms with Crippen LogP contribution < -0.4 is 4.74 Å². The van der Waals surface area contributed by atoms with Gasteiger partial charge in [-0.3, -0.25) is 9.80 Å². The van der Waals surface area contributed by atoms with Crippen LogP contribution in [0, 0.1) is 0 Å². The van der Waals surface area contributed by atoms with Crippen molar-refractivity contribution in [3.8, 4) is 5.75 Å². The molecule has 0 radical (unpaired) electrons. The van der Waals surface area contributed by atoms with Gasteiger partial charge >= 0.3 is 0 Å². The Morgan fingerprint density at radius 3 is 2.58 bits per heavy atom. The molecule has 0 spiro atoms. The predicted octanol–water partition coefficient (Wildman–Crippen LogP) is 2.01. The third-order valence-corrected chi connectivity index (χ3v) is 4.88. The first-order valence-electron chi connectivity index (χ1n) is 9.10. The minimum atomic E-state index is 0.402. The standard InChI is InChI=1S/C19H30N2O3/c1-22-19-7-9-21(16-19)15-17-3-5-18(6-4-17)24-12-2-8-20-10-13-23-14-11-20/h3-6,19H,2,7-16H2,1H3/t19-/m0/s1.